The van der Waals surface area contributed by atoms with Gasteiger partial charge in [0, 0.05) is 32.5 Å². The molecule has 2 fully saturated rings. The molecule has 1 amide bonds. The highest BCUT2D eigenvalue weighted by Gasteiger charge is 2.32. The first-order chi connectivity index (χ1) is 16.2. The Balaban J connectivity index is 1.31. The van der Waals surface area contributed by atoms with Crippen LogP contribution < -0.4 is 5.56 Å². The number of hydrogen-bond donors (Lipinski definition) is 0. The number of benzene rings is 2. The number of likely N-dealkylation sites (tertiary alicyclic amines) is 1. The van der Waals surface area contributed by atoms with E-state index in [0.29, 0.717) is 31.0 Å². The second-order valence-corrected chi connectivity index (χ2v) is 9.67. The van der Waals surface area contributed by atoms with Crippen molar-refractivity contribution in [3.8, 4) is 0 Å². The number of aryl methyl sites for hydroxylation is 3. The first kappa shape index (κ1) is 21.9. The number of hydrogen-bond acceptors (Lipinski definition) is 3. The number of piperidine rings is 1. The number of carbonyl (C=O) groups excluding carboxylic acids is 1. The van der Waals surface area contributed by atoms with E-state index in [1.165, 1.54) is 31.2 Å². The summed E-state index contributed by atoms with van der Waals surface area (Å²) < 4.78 is 1.84. The molecule has 3 aromatic rings. The molecule has 33 heavy (non-hydrogen) atoms. The average molecular weight is 444 g/mol. The van der Waals surface area contributed by atoms with Crippen LogP contribution in [0.4, 0.5) is 0 Å². The third-order valence-corrected chi connectivity index (χ3v) is 7.61. The molecule has 2 aromatic carbocycles. The van der Waals surface area contributed by atoms with Crippen molar-refractivity contribution >= 4 is 16.9 Å². The number of rotatable bonds is 6. The molecule has 5 heteroatoms. The van der Waals surface area contributed by atoms with Crippen LogP contribution in [0.5, 0.6) is 0 Å². The molecule has 1 aromatic heterocycles. The molecular formula is C28H33N3O2. The largest absolute Gasteiger partial charge is 0.342 e. The van der Waals surface area contributed by atoms with E-state index in [9.17, 15) is 9.59 Å². The van der Waals surface area contributed by atoms with Gasteiger partial charge in [-0.05, 0) is 48.8 Å². The Morgan fingerprint density at radius 1 is 0.909 bits per heavy atom. The summed E-state index contributed by atoms with van der Waals surface area (Å²) in [5.74, 6) is 1.65. The highest BCUT2D eigenvalue weighted by molar-refractivity contribution is 5.77. The van der Waals surface area contributed by atoms with Crippen LogP contribution >= 0.6 is 0 Å². The van der Waals surface area contributed by atoms with E-state index in [-0.39, 0.29) is 11.5 Å². The van der Waals surface area contributed by atoms with Gasteiger partial charge < -0.3 is 9.47 Å². The van der Waals surface area contributed by atoms with Crippen molar-refractivity contribution in [3.63, 3.8) is 0 Å². The van der Waals surface area contributed by atoms with Crippen LogP contribution in [-0.2, 0) is 24.2 Å². The van der Waals surface area contributed by atoms with Gasteiger partial charge in [0.25, 0.3) is 5.56 Å². The lowest BCUT2D eigenvalue weighted by molar-refractivity contribution is -0.134. The fraction of sp³-hybridized carbons (Fsp3) is 0.464. The molecule has 2 heterocycles. The standard InChI is InChI=1S/C28H33N3O2/c32-27(30-18-17-22-10-4-5-11-23(22)20-30)15-14-25-28(33)31(19-16-21-8-2-1-3-9-21)26-13-7-6-12-24(26)29-25/h1-3,6-9,12-13,22-23H,4-5,10-11,14-20H2/t22-,23-/m1/s1. The van der Waals surface area contributed by atoms with Gasteiger partial charge in [-0.1, -0.05) is 61.7 Å². The number of para-hydroxylation sites is 2. The van der Waals surface area contributed by atoms with Gasteiger partial charge in [0.05, 0.1) is 11.0 Å². The summed E-state index contributed by atoms with van der Waals surface area (Å²) >= 11 is 0. The highest BCUT2D eigenvalue weighted by Crippen LogP contribution is 2.36. The molecule has 1 aliphatic heterocycles. The topological polar surface area (TPSA) is 55.2 Å². The number of fused-ring (bicyclic) bond motifs is 2. The van der Waals surface area contributed by atoms with E-state index in [1.807, 2.05) is 51.9 Å². The number of aromatic nitrogens is 2. The molecule has 0 N–H and O–H groups in total. The maximum absolute atomic E-state index is 13.4. The Morgan fingerprint density at radius 2 is 1.67 bits per heavy atom. The summed E-state index contributed by atoms with van der Waals surface area (Å²) in [6, 6.07) is 18.0. The second kappa shape index (κ2) is 9.90. The summed E-state index contributed by atoms with van der Waals surface area (Å²) in [4.78, 5) is 33.1. The summed E-state index contributed by atoms with van der Waals surface area (Å²) in [5.41, 5.74) is 3.31. The number of carbonyl (C=O) groups is 1. The summed E-state index contributed by atoms with van der Waals surface area (Å²) in [5, 5.41) is 0. The van der Waals surface area contributed by atoms with Gasteiger partial charge in [0.15, 0.2) is 0 Å². The summed E-state index contributed by atoms with van der Waals surface area (Å²) in [6.45, 7) is 2.37. The van der Waals surface area contributed by atoms with Crippen LogP contribution in [0.25, 0.3) is 11.0 Å². The SMILES string of the molecule is O=C(CCc1nc2ccccc2n(CCc2ccccc2)c1=O)N1CC[C@H]2CCCC[C@@H]2C1. The minimum absolute atomic E-state index is 0.0663. The van der Waals surface area contributed by atoms with Crippen molar-refractivity contribution in [1.82, 2.24) is 14.5 Å². The molecule has 2 atom stereocenters. The van der Waals surface area contributed by atoms with E-state index in [4.69, 9.17) is 0 Å². The van der Waals surface area contributed by atoms with Gasteiger partial charge in [-0.3, -0.25) is 9.59 Å². The van der Waals surface area contributed by atoms with Crippen LogP contribution in [0.15, 0.2) is 59.4 Å². The van der Waals surface area contributed by atoms with Crippen LogP contribution in [0.3, 0.4) is 0 Å². The lowest BCUT2D eigenvalue weighted by Crippen LogP contribution is -2.45. The molecule has 0 radical (unpaired) electrons. The zero-order valence-corrected chi connectivity index (χ0v) is 19.3. The van der Waals surface area contributed by atoms with Gasteiger partial charge in [0.1, 0.15) is 5.69 Å². The smallest absolute Gasteiger partial charge is 0.272 e. The Kier molecular flexibility index (Phi) is 6.56. The third-order valence-electron chi connectivity index (χ3n) is 7.61. The molecule has 172 valence electrons. The summed E-state index contributed by atoms with van der Waals surface area (Å²) in [6.07, 6.45) is 7.91. The lowest BCUT2D eigenvalue weighted by atomic mass is 9.75. The van der Waals surface area contributed by atoms with E-state index < -0.39 is 0 Å². The molecule has 0 spiro atoms. The first-order valence-electron chi connectivity index (χ1n) is 12.5. The fourth-order valence-electron chi connectivity index (χ4n) is 5.73. The van der Waals surface area contributed by atoms with Crippen LogP contribution in [-0.4, -0.2) is 33.4 Å². The van der Waals surface area contributed by atoms with Crippen molar-refractivity contribution in [2.24, 2.45) is 11.8 Å². The normalized spacial score (nSPS) is 20.5. The molecule has 1 saturated carbocycles. The molecular weight excluding hydrogens is 410 g/mol. The van der Waals surface area contributed by atoms with Gasteiger partial charge in [-0.25, -0.2) is 4.98 Å². The molecule has 0 unspecified atom stereocenters. The van der Waals surface area contributed by atoms with Crippen LogP contribution in [0, 0.1) is 11.8 Å². The van der Waals surface area contributed by atoms with Crippen molar-refractivity contribution < 1.29 is 4.79 Å². The molecule has 5 rings (SSSR count). The van der Waals surface area contributed by atoms with Crippen molar-refractivity contribution in [1.29, 1.82) is 0 Å². The number of nitrogens with zero attached hydrogens (tertiary/aromatic N) is 3. The van der Waals surface area contributed by atoms with Crippen molar-refractivity contribution in [2.45, 2.75) is 57.9 Å². The third kappa shape index (κ3) is 4.87. The maximum atomic E-state index is 13.4. The Morgan fingerprint density at radius 3 is 2.52 bits per heavy atom. The quantitative estimate of drug-likeness (QED) is 0.559. The highest BCUT2D eigenvalue weighted by atomic mass is 16.2. The van der Waals surface area contributed by atoms with Gasteiger partial charge in [-0.2, -0.15) is 0 Å². The Labute approximate surface area is 195 Å². The maximum Gasteiger partial charge on any atom is 0.272 e. The lowest BCUT2D eigenvalue weighted by Gasteiger charge is -2.41. The van der Waals surface area contributed by atoms with Crippen molar-refractivity contribution in [3.05, 3.63) is 76.2 Å². The van der Waals surface area contributed by atoms with Crippen LogP contribution in [0.1, 0.15) is 49.8 Å². The Hall–Kier alpha value is -2.95. The first-order valence-corrected chi connectivity index (χ1v) is 12.5. The monoisotopic (exact) mass is 443 g/mol. The minimum atomic E-state index is -0.0663. The fourth-order valence-corrected chi connectivity index (χ4v) is 5.73. The van der Waals surface area contributed by atoms with E-state index in [2.05, 4.69) is 17.1 Å². The van der Waals surface area contributed by atoms with Crippen LogP contribution in [0.2, 0.25) is 0 Å². The van der Waals surface area contributed by atoms with E-state index >= 15 is 0 Å². The molecule has 0 bridgehead atoms. The van der Waals surface area contributed by atoms with E-state index in [1.54, 1.807) is 0 Å². The van der Waals surface area contributed by atoms with Crippen molar-refractivity contribution in [2.75, 3.05) is 13.1 Å². The zero-order valence-electron chi connectivity index (χ0n) is 19.3. The second-order valence-electron chi connectivity index (χ2n) is 9.67. The summed E-state index contributed by atoms with van der Waals surface area (Å²) in [7, 11) is 0. The predicted octanol–water partition coefficient (Wildman–Crippen LogP) is 4.61. The minimum Gasteiger partial charge on any atom is -0.342 e. The average Bonchev–Trinajstić information content (AvgIpc) is 2.87. The molecule has 2 aliphatic rings. The molecule has 5 nitrogen and oxygen atoms in total. The van der Waals surface area contributed by atoms with E-state index in [0.717, 1.165) is 42.9 Å². The number of amides is 1. The zero-order chi connectivity index (χ0) is 22.6. The van der Waals surface area contributed by atoms with Gasteiger partial charge in [0.2, 0.25) is 5.91 Å². The molecule has 1 aliphatic carbocycles. The molecule has 1 saturated heterocycles. The van der Waals surface area contributed by atoms with Gasteiger partial charge >= 0.3 is 0 Å². The Bertz CT molecular complexity index is 1170. The van der Waals surface area contributed by atoms with Gasteiger partial charge in [-0.15, -0.1) is 0 Å². The predicted molar refractivity (Wildman–Crippen MR) is 131 cm³/mol.